The average molecular weight is 339 g/mol. The van der Waals surface area contributed by atoms with Gasteiger partial charge >= 0.3 is 0 Å². The highest BCUT2D eigenvalue weighted by Crippen LogP contribution is 2.24. The molecule has 132 valence electrons. The quantitative estimate of drug-likeness (QED) is 0.690. The van der Waals surface area contributed by atoms with Gasteiger partial charge in [-0.05, 0) is 43.0 Å². The molecule has 1 fully saturated rings. The van der Waals surface area contributed by atoms with Crippen LogP contribution in [-0.4, -0.2) is 28.3 Å². The molecule has 5 nitrogen and oxygen atoms in total. The molecule has 2 aromatic carbocycles. The summed E-state index contributed by atoms with van der Waals surface area (Å²) in [5.74, 6) is 1.03. The normalized spacial score (nSPS) is 22.5. The lowest BCUT2D eigenvalue weighted by Crippen LogP contribution is -2.37. The van der Waals surface area contributed by atoms with Crippen LogP contribution in [-0.2, 0) is 6.54 Å². The zero-order valence-corrected chi connectivity index (χ0v) is 14.8. The maximum atomic E-state index is 10.6. The number of phenols is 1. The van der Waals surface area contributed by atoms with Gasteiger partial charge in [0, 0.05) is 6.04 Å². The van der Waals surface area contributed by atoms with E-state index in [0.29, 0.717) is 18.3 Å². The molecule has 1 aliphatic heterocycles. The van der Waals surface area contributed by atoms with Crippen LogP contribution in [0.4, 0.5) is 0 Å². The van der Waals surface area contributed by atoms with Crippen molar-refractivity contribution in [1.29, 1.82) is 0 Å². The van der Waals surface area contributed by atoms with Crippen molar-refractivity contribution in [3.05, 3.63) is 64.7 Å². The number of aryl methyl sites for hydroxylation is 2. The number of aliphatic imine (C=N–C) groups is 1. The number of rotatable bonds is 4. The molecule has 0 bridgehead atoms. The lowest BCUT2D eigenvalue weighted by atomic mass is 9.98. The summed E-state index contributed by atoms with van der Waals surface area (Å²) < 4.78 is 0. The van der Waals surface area contributed by atoms with Crippen molar-refractivity contribution in [3.8, 4) is 5.75 Å². The summed E-state index contributed by atoms with van der Waals surface area (Å²) in [5, 5.41) is 27.1. The minimum absolute atomic E-state index is 0.0669. The van der Waals surface area contributed by atoms with Gasteiger partial charge < -0.3 is 20.8 Å². The van der Waals surface area contributed by atoms with Gasteiger partial charge in [-0.3, -0.25) is 0 Å². The van der Waals surface area contributed by atoms with Gasteiger partial charge in [0.25, 0.3) is 0 Å². The molecule has 3 unspecified atom stereocenters. The topological polar surface area (TPSA) is 76.9 Å². The van der Waals surface area contributed by atoms with Crippen molar-refractivity contribution in [1.82, 2.24) is 10.6 Å². The largest absolute Gasteiger partial charge is 0.507 e. The first-order chi connectivity index (χ1) is 12.0. The first-order valence-electron chi connectivity index (χ1n) is 8.55. The van der Waals surface area contributed by atoms with Gasteiger partial charge in [0.05, 0.1) is 12.6 Å². The summed E-state index contributed by atoms with van der Waals surface area (Å²) >= 11 is 0. The Morgan fingerprint density at radius 3 is 2.36 bits per heavy atom. The number of nitrogens with zero attached hydrogens (tertiary/aromatic N) is 1. The Morgan fingerprint density at radius 2 is 1.72 bits per heavy atom. The van der Waals surface area contributed by atoms with Crippen LogP contribution in [0, 0.1) is 13.8 Å². The van der Waals surface area contributed by atoms with Crippen molar-refractivity contribution in [2.45, 2.75) is 45.5 Å². The fraction of sp³-hybridized carbons (Fsp3) is 0.350. The number of phenolic OH excluding ortho intramolecular Hbond substituents is 1. The second-order valence-electron chi connectivity index (χ2n) is 6.70. The van der Waals surface area contributed by atoms with Crippen LogP contribution in [0.2, 0.25) is 0 Å². The molecule has 3 atom stereocenters. The van der Waals surface area contributed by atoms with Crippen molar-refractivity contribution in [2.75, 3.05) is 0 Å². The maximum absolute atomic E-state index is 10.6. The van der Waals surface area contributed by atoms with Crippen LogP contribution in [0.3, 0.4) is 0 Å². The fourth-order valence-corrected chi connectivity index (χ4v) is 3.24. The number of aromatic hydroxyl groups is 1. The minimum atomic E-state index is -0.602. The summed E-state index contributed by atoms with van der Waals surface area (Å²) in [6.07, 6.45) is -0.602. The second kappa shape index (κ2) is 7.15. The third-order valence-corrected chi connectivity index (χ3v) is 4.66. The highest BCUT2D eigenvalue weighted by Gasteiger charge is 2.33. The molecule has 0 spiro atoms. The molecular weight excluding hydrogens is 314 g/mol. The van der Waals surface area contributed by atoms with E-state index >= 15 is 0 Å². The maximum Gasteiger partial charge on any atom is 0.192 e. The number of benzene rings is 2. The lowest BCUT2D eigenvalue weighted by molar-refractivity contribution is 0.132. The monoisotopic (exact) mass is 339 g/mol. The van der Waals surface area contributed by atoms with Crippen LogP contribution in [0.1, 0.15) is 35.3 Å². The molecule has 1 saturated heterocycles. The number of guanidine groups is 1. The van der Waals surface area contributed by atoms with Crippen LogP contribution in [0.15, 0.2) is 47.5 Å². The van der Waals surface area contributed by atoms with E-state index in [9.17, 15) is 10.2 Å². The molecule has 1 heterocycles. The molecule has 25 heavy (non-hydrogen) atoms. The third-order valence-electron chi connectivity index (χ3n) is 4.66. The van der Waals surface area contributed by atoms with Crippen molar-refractivity contribution >= 4 is 5.96 Å². The van der Waals surface area contributed by atoms with Crippen LogP contribution in [0.5, 0.6) is 5.75 Å². The van der Waals surface area contributed by atoms with Crippen molar-refractivity contribution < 1.29 is 10.2 Å². The van der Waals surface area contributed by atoms with E-state index in [1.165, 1.54) is 0 Å². The molecule has 4 N–H and O–H groups in total. The van der Waals surface area contributed by atoms with E-state index in [2.05, 4.69) is 15.6 Å². The summed E-state index contributed by atoms with van der Waals surface area (Å²) in [5.41, 5.74) is 3.64. The number of aliphatic hydroxyl groups is 1. The van der Waals surface area contributed by atoms with Gasteiger partial charge in [-0.1, -0.05) is 42.5 Å². The van der Waals surface area contributed by atoms with Crippen molar-refractivity contribution in [2.24, 2.45) is 4.99 Å². The summed E-state index contributed by atoms with van der Waals surface area (Å²) in [6.45, 7) is 6.32. The molecular formula is C20H25N3O2. The second-order valence-corrected chi connectivity index (χ2v) is 6.70. The van der Waals surface area contributed by atoms with E-state index in [0.717, 1.165) is 22.3 Å². The highest BCUT2D eigenvalue weighted by molar-refractivity contribution is 5.83. The predicted octanol–water partition coefficient (Wildman–Crippen LogP) is 2.55. The molecule has 0 saturated carbocycles. The average Bonchev–Trinajstić information content (AvgIpc) is 2.98. The van der Waals surface area contributed by atoms with E-state index < -0.39 is 6.10 Å². The first-order valence-corrected chi connectivity index (χ1v) is 8.55. The van der Waals surface area contributed by atoms with E-state index in [1.807, 2.05) is 63.2 Å². The molecule has 0 radical (unpaired) electrons. The highest BCUT2D eigenvalue weighted by atomic mass is 16.3. The van der Waals surface area contributed by atoms with Gasteiger partial charge in [-0.25, -0.2) is 4.99 Å². The summed E-state index contributed by atoms with van der Waals surface area (Å²) in [4.78, 5) is 4.58. The number of nitrogens with one attached hydrogen (secondary N) is 2. The number of aliphatic hydroxyl groups excluding tert-OH is 1. The van der Waals surface area contributed by atoms with Crippen molar-refractivity contribution in [3.63, 3.8) is 0 Å². The van der Waals surface area contributed by atoms with Gasteiger partial charge in [0.15, 0.2) is 5.96 Å². The zero-order chi connectivity index (χ0) is 18.0. The standard InChI is InChI=1S/C20H25N3O2/c1-12-9-15(10-13(2)18(12)24)11-21-20-22-14(3)17(23-20)19(25)16-7-5-4-6-8-16/h4-10,14,17,19,24-25H,11H2,1-3H3,(H2,21,22,23). The number of hydrogen-bond acceptors (Lipinski definition) is 3. The Bertz CT molecular complexity index is 751. The van der Waals surface area contributed by atoms with Crippen LogP contribution >= 0.6 is 0 Å². The molecule has 0 aromatic heterocycles. The smallest absolute Gasteiger partial charge is 0.192 e. The van der Waals surface area contributed by atoms with E-state index in [-0.39, 0.29) is 12.1 Å². The third kappa shape index (κ3) is 3.77. The molecule has 1 aliphatic rings. The van der Waals surface area contributed by atoms with E-state index in [1.54, 1.807) is 0 Å². The van der Waals surface area contributed by atoms with Gasteiger partial charge in [0.2, 0.25) is 0 Å². The predicted molar refractivity (Wildman–Crippen MR) is 99.6 cm³/mol. The SMILES string of the molecule is Cc1cc(CN=C2NC(C)C(C(O)c3ccccc3)N2)cc(C)c1O. The molecule has 0 aliphatic carbocycles. The minimum Gasteiger partial charge on any atom is -0.507 e. The van der Waals surface area contributed by atoms with Gasteiger partial charge in [-0.2, -0.15) is 0 Å². The Morgan fingerprint density at radius 1 is 1.08 bits per heavy atom. The van der Waals surface area contributed by atoms with Crippen LogP contribution in [0.25, 0.3) is 0 Å². The zero-order valence-electron chi connectivity index (χ0n) is 14.8. The Balaban J connectivity index is 1.70. The Labute approximate surface area is 148 Å². The lowest BCUT2D eigenvalue weighted by Gasteiger charge is -2.21. The molecule has 2 aromatic rings. The van der Waals surface area contributed by atoms with Crippen LogP contribution < -0.4 is 10.6 Å². The Hall–Kier alpha value is -2.53. The fourth-order valence-electron chi connectivity index (χ4n) is 3.24. The summed E-state index contributed by atoms with van der Waals surface area (Å²) in [6, 6.07) is 13.5. The summed E-state index contributed by atoms with van der Waals surface area (Å²) in [7, 11) is 0. The van der Waals surface area contributed by atoms with E-state index in [4.69, 9.17) is 0 Å². The Kier molecular flexibility index (Phi) is 4.95. The molecule has 0 amide bonds. The van der Waals surface area contributed by atoms with Gasteiger partial charge in [0.1, 0.15) is 11.9 Å². The van der Waals surface area contributed by atoms with Gasteiger partial charge in [-0.15, -0.1) is 0 Å². The molecule has 3 rings (SSSR count). The number of hydrogen-bond donors (Lipinski definition) is 4. The first kappa shape index (κ1) is 17.3. The molecule has 5 heteroatoms.